The first-order chi connectivity index (χ1) is 32.6. The van der Waals surface area contributed by atoms with Crippen molar-refractivity contribution in [1.29, 1.82) is 5.26 Å². The van der Waals surface area contributed by atoms with Gasteiger partial charge >= 0.3 is 0 Å². The summed E-state index contributed by atoms with van der Waals surface area (Å²) in [5.41, 5.74) is 15.2. The van der Waals surface area contributed by atoms with Crippen molar-refractivity contribution in [1.82, 2.24) is 19.1 Å². The highest BCUT2D eigenvalue weighted by Crippen LogP contribution is 2.47. The van der Waals surface area contributed by atoms with Gasteiger partial charge in [-0.05, 0) is 77.9 Å². The van der Waals surface area contributed by atoms with Crippen LogP contribution < -0.4 is 0 Å². The molecule has 0 N–H and O–H groups in total. The molecule has 66 heavy (non-hydrogen) atoms. The number of nitrogens with zero attached hydrogens (tertiary/aromatic N) is 6. The SMILES string of the molecule is [C-]#[N+]c1cccc(-c2cc(-c3nc(-c4ccccc4)cc(-c4ccccc4)n3)cc(-c3cccc(C#N)c3)c2-n2c3ccccc3c3c2ccc2c4ccccc4n(-c4ccccc4)c23)c1. The fourth-order valence-electron chi connectivity index (χ4n) is 9.63. The Morgan fingerprint density at radius 1 is 0.439 bits per heavy atom. The average Bonchev–Trinajstić information content (AvgIpc) is 3.92. The number of hydrogen-bond donors (Lipinski definition) is 0. The molecule has 12 rings (SSSR count). The normalized spacial score (nSPS) is 11.3. The Balaban J connectivity index is 1.25. The number of hydrogen-bond acceptors (Lipinski definition) is 3. The summed E-state index contributed by atoms with van der Waals surface area (Å²) in [5.74, 6) is 0.554. The second kappa shape index (κ2) is 15.8. The van der Waals surface area contributed by atoms with Gasteiger partial charge in [-0.2, -0.15) is 5.26 Å². The summed E-state index contributed by atoms with van der Waals surface area (Å²) in [7, 11) is 0. The molecule has 0 aliphatic rings. The van der Waals surface area contributed by atoms with E-state index >= 15 is 0 Å². The molecule has 3 heterocycles. The first kappa shape index (κ1) is 38.3. The van der Waals surface area contributed by atoms with E-state index in [-0.39, 0.29) is 0 Å². The van der Waals surface area contributed by atoms with E-state index in [1.165, 1.54) is 5.39 Å². The molecule has 0 unspecified atom stereocenters. The van der Waals surface area contributed by atoms with Gasteiger partial charge in [-0.1, -0.05) is 152 Å². The van der Waals surface area contributed by atoms with Crippen molar-refractivity contribution in [3.05, 3.63) is 235 Å². The molecular weight excluding hydrogens is 805 g/mol. The van der Waals surface area contributed by atoms with E-state index in [4.69, 9.17) is 16.5 Å². The lowest BCUT2D eigenvalue weighted by Gasteiger charge is -2.21. The van der Waals surface area contributed by atoms with Gasteiger partial charge in [0.15, 0.2) is 11.5 Å². The summed E-state index contributed by atoms with van der Waals surface area (Å²) in [6.45, 7) is 8.10. The lowest BCUT2D eigenvalue weighted by Crippen LogP contribution is -2.03. The molecule has 0 aliphatic carbocycles. The van der Waals surface area contributed by atoms with Crippen LogP contribution in [0.15, 0.2) is 218 Å². The number of fused-ring (bicyclic) bond motifs is 7. The van der Waals surface area contributed by atoms with Crippen molar-refractivity contribution in [3.63, 3.8) is 0 Å². The predicted octanol–water partition coefficient (Wildman–Crippen LogP) is 15.4. The third-order valence-electron chi connectivity index (χ3n) is 12.5. The van der Waals surface area contributed by atoms with Gasteiger partial charge in [-0.15, -0.1) is 0 Å². The van der Waals surface area contributed by atoms with Gasteiger partial charge in [-0.25, -0.2) is 14.8 Å². The molecule has 9 aromatic carbocycles. The zero-order valence-corrected chi connectivity index (χ0v) is 35.5. The lowest BCUT2D eigenvalue weighted by molar-refractivity contribution is 1.16. The van der Waals surface area contributed by atoms with Crippen LogP contribution in [-0.2, 0) is 0 Å². The highest BCUT2D eigenvalue weighted by atomic mass is 15.0. The maximum absolute atomic E-state index is 10.3. The van der Waals surface area contributed by atoms with Crippen molar-refractivity contribution in [2.24, 2.45) is 0 Å². The van der Waals surface area contributed by atoms with Gasteiger partial charge in [0.2, 0.25) is 0 Å². The maximum atomic E-state index is 10.3. The molecule has 3 aromatic heterocycles. The third-order valence-corrected chi connectivity index (χ3v) is 12.5. The fourth-order valence-corrected chi connectivity index (χ4v) is 9.63. The summed E-state index contributed by atoms with van der Waals surface area (Å²) < 4.78 is 4.78. The lowest BCUT2D eigenvalue weighted by atomic mass is 9.91. The Morgan fingerprint density at radius 3 is 1.65 bits per heavy atom. The van der Waals surface area contributed by atoms with Gasteiger partial charge in [0.1, 0.15) is 0 Å². The molecular formula is C60H36N6. The van der Waals surface area contributed by atoms with Crippen LogP contribution in [0, 0.1) is 17.9 Å². The first-order valence-electron chi connectivity index (χ1n) is 21.8. The number of benzene rings is 9. The van der Waals surface area contributed by atoms with Crippen molar-refractivity contribution in [2.45, 2.75) is 0 Å². The topological polar surface area (TPSA) is 63.8 Å². The number of aromatic nitrogens is 4. The zero-order valence-electron chi connectivity index (χ0n) is 35.5. The summed E-state index contributed by atoms with van der Waals surface area (Å²) >= 11 is 0. The van der Waals surface area contributed by atoms with E-state index in [9.17, 15) is 5.26 Å². The number of nitriles is 1. The molecule has 0 amide bonds. The molecule has 0 spiro atoms. The summed E-state index contributed by atoms with van der Waals surface area (Å²) in [5, 5.41) is 14.9. The molecule has 0 radical (unpaired) electrons. The second-order valence-electron chi connectivity index (χ2n) is 16.4. The predicted molar refractivity (Wildman–Crippen MR) is 269 cm³/mol. The standard InChI is InChI=1S/C60H36N6/c1-62-45-24-16-23-43(34-45)51-36-44(60-63-52(40-18-5-2-6-19-40)37-53(64-60)41-20-7-3-8-21-41)35-50(42-22-15-17-39(33-42)38-61)58(51)66-55-30-14-12-28-49(55)57-56(66)32-31-48-47-27-11-13-29-54(47)65(59(48)57)46-25-9-4-10-26-46/h2-37H. The van der Waals surface area contributed by atoms with Gasteiger partial charge < -0.3 is 9.13 Å². The summed E-state index contributed by atoms with van der Waals surface area (Å²) in [6, 6.07) is 77.2. The van der Waals surface area contributed by atoms with Gasteiger partial charge in [0.05, 0.1) is 57.3 Å². The van der Waals surface area contributed by atoms with Gasteiger partial charge in [-0.3, -0.25) is 0 Å². The van der Waals surface area contributed by atoms with E-state index in [1.54, 1.807) is 0 Å². The second-order valence-corrected chi connectivity index (χ2v) is 16.4. The van der Waals surface area contributed by atoms with Crippen molar-refractivity contribution in [2.75, 3.05) is 0 Å². The molecule has 0 saturated heterocycles. The molecule has 0 saturated carbocycles. The molecule has 0 atom stereocenters. The van der Waals surface area contributed by atoms with Crippen molar-refractivity contribution in [3.8, 4) is 73.6 Å². The average molecular weight is 841 g/mol. The van der Waals surface area contributed by atoms with Crippen LogP contribution in [0.5, 0.6) is 0 Å². The minimum Gasteiger partial charge on any atom is -0.309 e. The fraction of sp³-hybridized carbons (Fsp3) is 0. The Labute approximate surface area is 381 Å². The number of para-hydroxylation sites is 3. The maximum Gasteiger partial charge on any atom is 0.187 e. The highest BCUT2D eigenvalue weighted by molar-refractivity contribution is 6.26. The van der Waals surface area contributed by atoms with Crippen LogP contribution in [0.2, 0.25) is 0 Å². The third kappa shape index (κ3) is 6.33. The Kier molecular flexibility index (Phi) is 9.16. The summed E-state index contributed by atoms with van der Waals surface area (Å²) in [6.07, 6.45) is 0. The molecule has 0 bridgehead atoms. The summed E-state index contributed by atoms with van der Waals surface area (Å²) in [4.78, 5) is 14.5. The first-order valence-corrected chi connectivity index (χ1v) is 21.8. The van der Waals surface area contributed by atoms with E-state index in [1.807, 2.05) is 78.9 Å². The Morgan fingerprint density at radius 2 is 1.00 bits per heavy atom. The van der Waals surface area contributed by atoms with Crippen molar-refractivity contribution >= 4 is 49.3 Å². The van der Waals surface area contributed by atoms with Crippen LogP contribution in [0.25, 0.3) is 116 Å². The van der Waals surface area contributed by atoms with Crippen LogP contribution in [0.1, 0.15) is 5.56 Å². The molecule has 6 heteroatoms. The van der Waals surface area contributed by atoms with E-state index in [2.05, 4.69) is 160 Å². The van der Waals surface area contributed by atoms with Gasteiger partial charge in [0, 0.05) is 55.0 Å². The Bertz CT molecular complexity index is 3810. The molecule has 12 aromatic rings. The molecule has 0 aliphatic heterocycles. The smallest absolute Gasteiger partial charge is 0.187 e. The monoisotopic (exact) mass is 840 g/mol. The minimum atomic E-state index is 0.530. The van der Waals surface area contributed by atoms with E-state index in [0.717, 1.165) is 99.9 Å². The highest BCUT2D eigenvalue weighted by Gasteiger charge is 2.26. The molecule has 6 nitrogen and oxygen atoms in total. The molecule has 306 valence electrons. The van der Waals surface area contributed by atoms with Crippen LogP contribution in [-0.4, -0.2) is 19.1 Å². The van der Waals surface area contributed by atoms with Crippen LogP contribution >= 0.6 is 0 Å². The molecule has 0 fully saturated rings. The van der Waals surface area contributed by atoms with Crippen LogP contribution in [0.4, 0.5) is 5.69 Å². The quantitative estimate of drug-likeness (QED) is 0.150. The van der Waals surface area contributed by atoms with Crippen molar-refractivity contribution < 1.29 is 0 Å². The number of rotatable bonds is 7. The van der Waals surface area contributed by atoms with E-state index < -0.39 is 0 Å². The van der Waals surface area contributed by atoms with E-state index in [0.29, 0.717) is 17.1 Å². The zero-order chi connectivity index (χ0) is 44.1. The van der Waals surface area contributed by atoms with Gasteiger partial charge in [0.25, 0.3) is 0 Å². The minimum absolute atomic E-state index is 0.530. The largest absolute Gasteiger partial charge is 0.309 e. The van der Waals surface area contributed by atoms with Crippen LogP contribution in [0.3, 0.4) is 0 Å². The Hall–Kier alpha value is -9.36.